The number of likely N-dealkylation sites (N-methyl/N-ethyl adjacent to an activating group) is 1. The average molecular weight is 365 g/mol. The fourth-order valence-corrected chi connectivity index (χ4v) is 4.54. The molecule has 27 heavy (non-hydrogen) atoms. The first-order valence-corrected chi connectivity index (χ1v) is 10.2. The van der Waals surface area contributed by atoms with Crippen LogP contribution in [0.2, 0.25) is 0 Å². The van der Waals surface area contributed by atoms with E-state index in [2.05, 4.69) is 59.5 Å². The van der Waals surface area contributed by atoms with Gasteiger partial charge in [0.1, 0.15) is 0 Å². The van der Waals surface area contributed by atoms with E-state index in [1.165, 1.54) is 28.1 Å². The van der Waals surface area contributed by atoms with Gasteiger partial charge < -0.3 is 14.7 Å². The molecule has 1 amide bonds. The molecule has 1 N–H and O–H groups in total. The topological polar surface area (TPSA) is 28.0 Å². The van der Waals surface area contributed by atoms with Gasteiger partial charge in [-0.15, -0.1) is 0 Å². The number of nitrogens with one attached hydrogen (secondary N) is 1. The summed E-state index contributed by atoms with van der Waals surface area (Å²) in [6, 6.07) is 19.5. The summed E-state index contributed by atoms with van der Waals surface area (Å²) in [7, 11) is 1.99. The Balaban J connectivity index is 1.34. The van der Waals surface area contributed by atoms with E-state index < -0.39 is 0 Å². The maximum absolute atomic E-state index is 13.0. The highest BCUT2D eigenvalue weighted by atomic mass is 16.2. The van der Waals surface area contributed by atoms with E-state index in [4.69, 9.17) is 0 Å². The minimum atomic E-state index is 0.243. The van der Waals surface area contributed by atoms with Crippen molar-refractivity contribution in [1.29, 1.82) is 0 Å². The normalized spacial score (nSPS) is 20.2. The third-order valence-electron chi connectivity index (χ3n) is 6.19. The van der Waals surface area contributed by atoms with Crippen molar-refractivity contribution in [1.82, 2.24) is 4.90 Å². The second-order valence-corrected chi connectivity index (χ2v) is 7.86. The van der Waals surface area contributed by atoms with Crippen LogP contribution in [0.3, 0.4) is 0 Å². The summed E-state index contributed by atoms with van der Waals surface area (Å²) in [4.78, 5) is 18.8. The predicted octanol–water partition coefficient (Wildman–Crippen LogP) is 1.93. The fourth-order valence-electron chi connectivity index (χ4n) is 4.54. The number of aryl methyl sites for hydroxylation is 1. The van der Waals surface area contributed by atoms with Crippen LogP contribution >= 0.6 is 0 Å². The van der Waals surface area contributed by atoms with Crippen molar-refractivity contribution in [2.24, 2.45) is 0 Å². The van der Waals surface area contributed by atoms with Gasteiger partial charge in [0, 0.05) is 12.7 Å². The molecule has 1 fully saturated rings. The van der Waals surface area contributed by atoms with Crippen molar-refractivity contribution in [2.75, 3.05) is 44.7 Å². The van der Waals surface area contributed by atoms with Crippen LogP contribution in [-0.4, -0.2) is 50.6 Å². The highest BCUT2D eigenvalue weighted by molar-refractivity contribution is 5.77. The number of carbonyl (C=O) groups is 1. The lowest BCUT2D eigenvalue weighted by molar-refractivity contribution is -0.892. The van der Waals surface area contributed by atoms with E-state index in [1.54, 1.807) is 0 Å². The molecule has 1 aliphatic heterocycles. The summed E-state index contributed by atoms with van der Waals surface area (Å²) in [5.41, 5.74) is 4.06. The molecule has 0 aromatic heterocycles. The third-order valence-corrected chi connectivity index (χ3v) is 6.19. The number of amides is 1. The first-order valence-electron chi connectivity index (χ1n) is 10.2. The summed E-state index contributed by atoms with van der Waals surface area (Å²) >= 11 is 0. The van der Waals surface area contributed by atoms with Crippen molar-refractivity contribution in [2.45, 2.75) is 25.3 Å². The first kappa shape index (κ1) is 18.1. The lowest BCUT2D eigenvalue weighted by Gasteiger charge is -2.36. The molecule has 0 spiro atoms. The molecule has 4 nitrogen and oxygen atoms in total. The third kappa shape index (κ3) is 4.01. The molecular formula is C23H30N3O+. The Labute approximate surface area is 162 Å². The van der Waals surface area contributed by atoms with Gasteiger partial charge in [0.15, 0.2) is 6.54 Å². The number of piperazine rings is 1. The maximum atomic E-state index is 13.0. The number of hydrogen-bond donors (Lipinski definition) is 1. The van der Waals surface area contributed by atoms with Gasteiger partial charge in [-0.1, -0.05) is 42.5 Å². The molecule has 2 aliphatic rings. The van der Waals surface area contributed by atoms with Gasteiger partial charge in [0.2, 0.25) is 0 Å². The molecule has 0 radical (unpaired) electrons. The number of para-hydroxylation sites is 1. The van der Waals surface area contributed by atoms with Crippen LogP contribution in [0, 0.1) is 0 Å². The number of benzene rings is 2. The van der Waals surface area contributed by atoms with Crippen LogP contribution in [0.4, 0.5) is 5.69 Å². The second-order valence-electron chi connectivity index (χ2n) is 7.86. The van der Waals surface area contributed by atoms with E-state index in [1.807, 2.05) is 11.9 Å². The molecule has 1 atom stereocenters. The Kier molecular flexibility index (Phi) is 5.44. The Morgan fingerprint density at radius 3 is 2.56 bits per heavy atom. The van der Waals surface area contributed by atoms with E-state index >= 15 is 0 Å². The highest BCUT2D eigenvalue weighted by Gasteiger charge is 2.29. The number of nitrogens with zero attached hydrogens (tertiary/aromatic N) is 2. The number of hydrogen-bond acceptors (Lipinski definition) is 2. The Morgan fingerprint density at radius 1 is 1.07 bits per heavy atom. The molecular weight excluding hydrogens is 334 g/mol. The zero-order chi connectivity index (χ0) is 18.6. The molecule has 142 valence electrons. The molecule has 0 bridgehead atoms. The van der Waals surface area contributed by atoms with E-state index in [0.29, 0.717) is 6.54 Å². The molecule has 4 rings (SSSR count). The molecule has 2 aromatic rings. The lowest BCUT2D eigenvalue weighted by Crippen LogP contribution is -3.15. The monoisotopic (exact) mass is 364 g/mol. The standard InChI is InChI=1S/C23H29N3O/c1-24(22-13-7-9-19-8-5-6-12-21(19)22)23(27)18-25-14-16-26(17-15-25)20-10-3-2-4-11-20/h2-6,8,10-12,22H,7,9,13-18H2,1H3/p+1/t22-/m0/s1. The maximum Gasteiger partial charge on any atom is 0.278 e. The highest BCUT2D eigenvalue weighted by Crippen LogP contribution is 2.33. The first-order chi connectivity index (χ1) is 13.2. The largest absolute Gasteiger partial charge is 0.360 e. The Hall–Kier alpha value is -2.33. The number of anilines is 1. The van der Waals surface area contributed by atoms with Gasteiger partial charge in [0.25, 0.3) is 5.91 Å². The van der Waals surface area contributed by atoms with Gasteiger partial charge in [-0.05, 0) is 42.5 Å². The summed E-state index contributed by atoms with van der Waals surface area (Å²) in [6.45, 7) is 4.69. The van der Waals surface area contributed by atoms with E-state index in [-0.39, 0.29) is 11.9 Å². The number of quaternary nitrogens is 1. The average Bonchev–Trinajstić information content (AvgIpc) is 2.74. The van der Waals surface area contributed by atoms with E-state index in [0.717, 1.165) is 39.0 Å². The van der Waals surface area contributed by atoms with Crippen molar-refractivity contribution in [3.63, 3.8) is 0 Å². The van der Waals surface area contributed by atoms with Gasteiger partial charge >= 0.3 is 0 Å². The smallest absolute Gasteiger partial charge is 0.278 e. The SMILES string of the molecule is CN(C(=O)C[NH+]1CCN(c2ccccc2)CC1)[C@H]1CCCc2ccccc21. The summed E-state index contributed by atoms with van der Waals surface area (Å²) < 4.78 is 0. The van der Waals surface area contributed by atoms with Crippen LogP contribution in [-0.2, 0) is 11.2 Å². The van der Waals surface area contributed by atoms with Crippen molar-refractivity contribution in [3.8, 4) is 0 Å². The van der Waals surface area contributed by atoms with Gasteiger partial charge in [-0.2, -0.15) is 0 Å². The van der Waals surface area contributed by atoms with Crippen molar-refractivity contribution >= 4 is 11.6 Å². The summed E-state index contributed by atoms with van der Waals surface area (Å²) in [5.74, 6) is 0.278. The molecule has 0 unspecified atom stereocenters. The molecule has 0 saturated carbocycles. The van der Waals surface area contributed by atoms with E-state index in [9.17, 15) is 4.79 Å². The van der Waals surface area contributed by atoms with Crippen LogP contribution in [0.25, 0.3) is 0 Å². The molecule has 2 aromatic carbocycles. The number of fused-ring (bicyclic) bond motifs is 1. The summed E-state index contributed by atoms with van der Waals surface area (Å²) in [5, 5.41) is 0. The zero-order valence-electron chi connectivity index (χ0n) is 16.2. The van der Waals surface area contributed by atoms with Crippen LogP contribution in [0.1, 0.15) is 30.0 Å². The minimum absolute atomic E-state index is 0.243. The summed E-state index contributed by atoms with van der Waals surface area (Å²) in [6.07, 6.45) is 3.39. The van der Waals surface area contributed by atoms with Crippen molar-refractivity contribution < 1.29 is 9.69 Å². The predicted molar refractivity (Wildman–Crippen MR) is 109 cm³/mol. The number of rotatable bonds is 4. The van der Waals surface area contributed by atoms with Crippen LogP contribution in [0.15, 0.2) is 54.6 Å². The molecule has 1 heterocycles. The fraction of sp³-hybridized carbons (Fsp3) is 0.435. The van der Waals surface area contributed by atoms with Gasteiger partial charge in [-0.3, -0.25) is 4.79 Å². The second kappa shape index (κ2) is 8.13. The number of carbonyl (C=O) groups excluding carboxylic acids is 1. The molecule has 1 aliphatic carbocycles. The zero-order valence-corrected chi connectivity index (χ0v) is 16.2. The van der Waals surface area contributed by atoms with Gasteiger partial charge in [0.05, 0.1) is 32.2 Å². The molecule has 1 saturated heterocycles. The Bertz CT molecular complexity index is 768. The minimum Gasteiger partial charge on any atom is -0.360 e. The van der Waals surface area contributed by atoms with Crippen LogP contribution < -0.4 is 9.80 Å². The molecule has 4 heteroatoms. The van der Waals surface area contributed by atoms with Crippen molar-refractivity contribution in [3.05, 3.63) is 65.7 Å². The van der Waals surface area contributed by atoms with Gasteiger partial charge in [-0.25, -0.2) is 0 Å². The Morgan fingerprint density at radius 2 is 1.78 bits per heavy atom. The quantitative estimate of drug-likeness (QED) is 0.898. The van der Waals surface area contributed by atoms with Crippen LogP contribution in [0.5, 0.6) is 0 Å². The lowest BCUT2D eigenvalue weighted by atomic mass is 9.87.